The number of Topliss-reactive ketones (excluding diaryl/α,β-unsaturated/α-hetero) is 2. The van der Waals surface area contributed by atoms with E-state index < -0.39 is 42.5 Å². The summed E-state index contributed by atoms with van der Waals surface area (Å²) in [5.41, 5.74) is 0. The van der Waals surface area contributed by atoms with Gasteiger partial charge in [0.05, 0.1) is 17.9 Å². The first-order chi connectivity index (χ1) is 21.0. The van der Waals surface area contributed by atoms with Crippen LogP contribution < -0.4 is 5.32 Å². The van der Waals surface area contributed by atoms with Crippen molar-refractivity contribution in [3.8, 4) is 0 Å². The Kier molecular flexibility index (Phi) is 14.1. The molecule has 0 saturated carbocycles. The van der Waals surface area contributed by atoms with Gasteiger partial charge in [-0.15, -0.1) is 0 Å². The summed E-state index contributed by atoms with van der Waals surface area (Å²) < 4.78 is 10.9. The van der Waals surface area contributed by atoms with Crippen LogP contribution in [-0.2, 0) is 33.4 Å². The Morgan fingerprint density at radius 1 is 0.864 bits per heavy atom. The van der Waals surface area contributed by atoms with Gasteiger partial charge in [-0.3, -0.25) is 28.9 Å². The Hall–Kier alpha value is -2.51. The number of amides is 3. The molecule has 248 valence electrons. The molecule has 12 heteroatoms. The number of fused-ring (bicyclic) bond motifs is 1. The average Bonchev–Trinajstić information content (AvgIpc) is 3.26. The zero-order valence-electron chi connectivity index (χ0n) is 26.2. The molecule has 2 aliphatic heterocycles. The largest absolute Gasteiger partial charge is 0.388 e. The highest BCUT2D eigenvalue weighted by Crippen LogP contribution is 2.43. The molecule has 1 aliphatic carbocycles. The number of allylic oxidation sites excluding steroid dienone is 2. The van der Waals surface area contributed by atoms with Crippen LogP contribution in [0.2, 0.25) is 0 Å². The summed E-state index contributed by atoms with van der Waals surface area (Å²) >= 11 is 0. The first kappa shape index (κ1) is 36.0. The Labute approximate surface area is 259 Å². The van der Waals surface area contributed by atoms with Crippen LogP contribution in [0.15, 0.2) is 12.2 Å². The normalized spacial score (nSPS) is 31.7. The highest BCUT2D eigenvalue weighted by Gasteiger charge is 2.53. The second kappa shape index (κ2) is 17.3. The first-order valence-electron chi connectivity index (χ1n) is 16.1. The summed E-state index contributed by atoms with van der Waals surface area (Å²) in [4.78, 5) is 63.9. The van der Waals surface area contributed by atoms with Gasteiger partial charge in [0, 0.05) is 51.8 Å². The first-order valence-corrected chi connectivity index (χ1v) is 16.1. The molecule has 3 aliphatic rings. The Morgan fingerprint density at radius 3 is 2.30 bits per heavy atom. The molecule has 0 aromatic heterocycles. The van der Waals surface area contributed by atoms with Gasteiger partial charge >= 0.3 is 0 Å². The zero-order valence-corrected chi connectivity index (χ0v) is 26.2. The Morgan fingerprint density at radius 2 is 1.57 bits per heavy atom. The highest BCUT2D eigenvalue weighted by atomic mass is 16.7. The summed E-state index contributed by atoms with van der Waals surface area (Å²) in [7, 11) is 0. The van der Waals surface area contributed by atoms with E-state index in [1.807, 2.05) is 19.1 Å². The molecule has 0 aromatic carbocycles. The lowest BCUT2D eigenvalue weighted by Gasteiger charge is -2.38. The van der Waals surface area contributed by atoms with Crippen LogP contribution in [0.4, 0.5) is 0 Å². The standard InChI is InChI=1S/C32H50N2O10/c1-4-22(35)15-17-34-30(41)25-19(2)11-12-21(26(25)31(34)42)13-14-24(37)33-16-8-10-23(36)9-6-5-7-18-43-32-29(40)28(39)27(38)20(3)44-32/h11-12,19-21,25-29,32,38-40H,4-10,13-18H2,1-3H3,(H,33,37)/t19?,20?,21?,25?,26?,27-,28-,29?,32+/m0/s1. The third-order valence-electron chi connectivity index (χ3n) is 9.04. The van der Waals surface area contributed by atoms with E-state index in [1.54, 1.807) is 13.8 Å². The van der Waals surface area contributed by atoms with Crippen molar-refractivity contribution in [2.24, 2.45) is 23.7 Å². The highest BCUT2D eigenvalue weighted by molar-refractivity contribution is 6.06. The lowest BCUT2D eigenvalue weighted by molar-refractivity contribution is -0.293. The van der Waals surface area contributed by atoms with Gasteiger partial charge in [0.15, 0.2) is 6.29 Å². The van der Waals surface area contributed by atoms with E-state index in [2.05, 4.69) is 5.32 Å². The van der Waals surface area contributed by atoms with E-state index >= 15 is 0 Å². The number of hydrogen-bond donors (Lipinski definition) is 4. The quantitative estimate of drug-likeness (QED) is 0.0992. The number of aliphatic hydroxyl groups excluding tert-OH is 3. The molecule has 44 heavy (non-hydrogen) atoms. The molecule has 4 N–H and O–H groups in total. The molecule has 2 saturated heterocycles. The Balaban J connectivity index is 1.27. The van der Waals surface area contributed by atoms with Crippen molar-refractivity contribution in [1.29, 1.82) is 0 Å². The SMILES string of the molecule is CCC(=O)CCN1C(=O)C2C(C)C=CC(CCC(=O)NCCCC(=O)CCCCCO[C@@H]3OC(C)[C@H](O)[C@H](O)C3O)C2C1=O. The van der Waals surface area contributed by atoms with Crippen LogP contribution in [-0.4, -0.2) is 99.9 Å². The molecule has 0 bridgehead atoms. The fourth-order valence-corrected chi connectivity index (χ4v) is 6.22. The smallest absolute Gasteiger partial charge is 0.233 e. The maximum atomic E-state index is 13.2. The summed E-state index contributed by atoms with van der Waals surface area (Å²) in [6.45, 7) is 6.04. The summed E-state index contributed by atoms with van der Waals surface area (Å²) in [6, 6.07) is 0. The number of unbranched alkanes of at least 4 members (excludes halogenated alkanes) is 2. The number of carbonyl (C=O) groups is 5. The topological polar surface area (TPSA) is 180 Å². The molecule has 9 atom stereocenters. The van der Waals surface area contributed by atoms with Crippen LogP contribution >= 0.6 is 0 Å². The second-order valence-corrected chi connectivity index (χ2v) is 12.3. The predicted octanol–water partition coefficient (Wildman–Crippen LogP) is 1.43. The van der Waals surface area contributed by atoms with Gasteiger partial charge in [0.1, 0.15) is 29.9 Å². The molecule has 3 rings (SSSR count). The van der Waals surface area contributed by atoms with Crippen LogP contribution in [0.1, 0.15) is 85.0 Å². The fourth-order valence-electron chi connectivity index (χ4n) is 6.22. The fraction of sp³-hybridized carbons (Fsp3) is 0.781. The minimum absolute atomic E-state index is 0.00998. The van der Waals surface area contributed by atoms with Crippen molar-refractivity contribution in [3.63, 3.8) is 0 Å². The number of aliphatic hydroxyl groups is 3. The number of hydrogen-bond acceptors (Lipinski definition) is 10. The molecule has 12 nitrogen and oxygen atoms in total. The lowest BCUT2D eigenvalue weighted by Crippen LogP contribution is -2.57. The molecule has 2 fully saturated rings. The molecule has 0 aromatic rings. The van der Waals surface area contributed by atoms with Gasteiger partial charge in [-0.05, 0) is 44.4 Å². The molecular weight excluding hydrogens is 572 g/mol. The Bertz CT molecular complexity index is 1050. The van der Waals surface area contributed by atoms with E-state index in [-0.39, 0.29) is 67.1 Å². The van der Waals surface area contributed by atoms with Crippen LogP contribution in [0.25, 0.3) is 0 Å². The van der Waals surface area contributed by atoms with Crippen LogP contribution in [0, 0.1) is 23.7 Å². The molecular formula is C32H50N2O10. The summed E-state index contributed by atoms with van der Waals surface area (Å²) in [6.07, 6.45) is 2.96. The number of rotatable bonds is 18. The van der Waals surface area contributed by atoms with Gasteiger partial charge < -0.3 is 30.1 Å². The maximum absolute atomic E-state index is 13.2. The maximum Gasteiger partial charge on any atom is 0.233 e. The number of nitrogens with one attached hydrogen (secondary N) is 1. The van der Waals surface area contributed by atoms with Crippen LogP contribution in [0.3, 0.4) is 0 Å². The van der Waals surface area contributed by atoms with Gasteiger partial charge in [-0.2, -0.15) is 0 Å². The van der Waals surface area contributed by atoms with Gasteiger partial charge in [-0.25, -0.2) is 0 Å². The molecule has 0 radical (unpaired) electrons. The van der Waals surface area contributed by atoms with Crippen molar-refractivity contribution < 1.29 is 48.8 Å². The zero-order chi connectivity index (χ0) is 32.4. The number of ketones is 2. The minimum atomic E-state index is -1.33. The van der Waals surface area contributed by atoms with Crippen molar-refractivity contribution in [3.05, 3.63) is 12.2 Å². The third-order valence-corrected chi connectivity index (χ3v) is 9.04. The molecule has 0 spiro atoms. The van der Waals surface area contributed by atoms with E-state index in [0.29, 0.717) is 51.5 Å². The van der Waals surface area contributed by atoms with Crippen molar-refractivity contribution in [1.82, 2.24) is 10.2 Å². The molecule has 2 heterocycles. The number of ether oxygens (including phenoxy) is 2. The minimum Gasteiger partial charge on any atom is -0.388 e. The lowest BCUT2D eigenvalue weighted by atomic mass is 9.71. The van der Waals surface area contributed by atoms with E-state index in [0.717, 1.165) is 6.42 Å². The predicted molar refractivity (Wildman–Crippen MR) is 159 cm³/mol. The van der Waals surface area contributed by atoms with E-state index in [4.69, 9.17) is 9.47 Å². The third kappa shape index (κ3) is 9.50. The number of likely N-dealkylation sites (tertiary alicyclic amines) is 1. The number of imide groups is 1. The van der Waals surface area contributed by atoms with Gasteiger partial charge in [-0.1, -0.05) is 32.4 Å². The second-order valence-electron chi connectivity index (χ2n) is 12.3. The van der Waals surface area contributed by atoms with E-state index in [1.165, 1.54) is 4.90 Å². The summed E-state index contributed by atoms with van der Waals surface area (Å²) in [5.74, 6) is -1.78. The summed E-state index contributed by atoms with van der Waals surface area (Å²) in [5, 5.41) is 32.4. The van der Waals surface area contributed by atoms with Gasteiger partial charge in [0.25, 0.3) is 0 Å². The molecule has 3 amide bonds. The monoisotopic (exact) mass is 622 g/mol. The van der Waals surface area contributed by atoms with Crippen molar-refractivity contribution in [2.75, 3.05) is 19.7 Å². The number of carbonyl (C=O) groups excluding carboxylic acids is 5. The van der Waals surface area contributed by atoms with Crippen molar-refractivity contribution >= 4 is 29.3 Å². The number of nitrogens with zero attached hydrogens (tertiary/aromatic N) is 1. The van der Waals surface area contributed by atoms with Crippen LogP contribution in [0.5, 0.6) is 0 Å². The molecule has 6 unspecified atom stereocenters. The van der Waals surface area contributed by atoms with Crippen molar-refractivity contribution in [2.45, 2.75) is 116 Å². The van der Waals surface area contributed by atoms with Gasteiger partial charge in [0.2, 0.25) is 17.7 Å². The average molecular weight is 623 g/mol. The van der Waals surface area contributed by atoms with E-state index in [9.17, 15) is 39.3 Å².